The number of nitrogens with two attached hydrogens (primary N) is 1. The Bertz CT molecular complexity index is 770. The fourth-order valence-corrected chi connectivity index (χ4v) is 3.73. The number of amides is 1. The van der Waals surface area contributed by atoms with Gasteiger partial charge in [-0.25, -0.2) is 9.67 Å². The molecule has 1 amide bonds. The van der Waals surface area contributed by atoms with Crippen molar-refractivity contribution in [1.82, 2.24) is 9.78 Å². The van der Waals surface area contributed by atoms with E-state index < -0.39 is 11.6 Å². The minimum Gasteiger partial charge on any atom is -0.369 e. The van der Waals surface area contributed by atoms with Gasteiger partial charge in [0.25, 0.3) is 0 Å². The van der Waals surface area contributed by atoms with Crippen LogP contribution < -0.4 is 10.5 Å². The summed E-state index contributed by atoms with van der Waals surface area (Å²) in [6, 6.07) is 7.01. The average Bonchev–Trinajstić information content (AvgIpc) is 2.88. The lowest BCUT2D eigenvalue weighted by atomic mass is 9.92. The van der Waals surface area contributed by atoms with Crippen molar-refractivity contribution in [2.45, 2.75) is 37.8 Å². The van der Waals surface area contributed by atoms with Crippen LogP contribution in [-0.4, -0.2) is 26.5 Å². The van der Waals surface area contributed by atoms with Gasteiger partial charge in [-0.3, -0.25) is 4.79 Å². The van der Waals surface area contributed by atoms with E-state index in [0.717, 1.165) is 29.8 Å². The zero-order chi connectivity index (χ0) is 16.4. The highest BCUT2D eigenvalue weighted by Gasteiger charge is 2.28. The Balaban J connectivity index is 1.93. The van der Waals surface area contributed by atoms with Crippen LogP contribution in [0.4, 0.5) is 0 Å². The summed E-state index contributed by atoms with van der Waals surface area (Å²) >= 11 is 1.43. The van der Waals surface area contributed by atoms with Gasteiger partial charge in [0.1, 0.15) is 5.01 Å². The van der Waals surface area contributed by atoms with Crippen molar-refractivity contribution in [3.05, 3.63) is 34.6 Å². The number of rotatable bonds is 3. The number of carbonyl (C=O) groups is 1. The molecule has 2 aromatic rings. The topological polar surface area (TPSA) is 93.5 Å². The molecule has 0 spiro atoms. The molecule has 1 aliphatic carbocycles. The van der Waals surface area contributed by atoms with Crippen LogP contribution in [0.25, 0.3) is 10.6 Å². The van der Waals surface area contributed by atoms with Crippen LogP contribution in [0.15, 0.2) is 29.3 Å². The van der Waals surface area contributed by atoms with E-state index in [1.165, 1.54) is 11.3 Å². The second-order valence-electron chi connectivity index (χ2n) is 5.91. The van der Waals surface area contributed by atoms with Crippen LogP contribution in [0.2, 0.25) is 0 Å². The van der Waals surface area contributed by atoms with Crippen molar-refractivity contribution in [3.8, 4) is 10.6 Å². The van der Waals surface area contributed by atoms with E-state index in [0.29, 0.717) is 23.2 Å². The van der Waals surface area contributed by atoms with Crippen molar-refractivity contribution in [1.29, 1.82) is 0 Å². The van der Waals surface area contributed by atoms with Gasteiger partial charge in [0.15, 0.2) is 5.72 Å². The number of nitrogens with zero attached hydrogens (tertiary/aromatic N) is 3. The molecular weight excluding hydrogens is 312 g/mol. The molecule has 0 saturated heterocycles. The van der Waals surface area contributed by atoms with Gasteiger partial charge in [0.05, 0.1) is 0 Å². The first-order valence-electron chi connectivity index (χ1n) is 7.69. The van der Waals surface area contributed by atoms with E-state index in [-0.39, 0.29) is 0 Å². The minimum absolute atomic E-state index is 0.448. The lowest BCUT2D eigenvalue weighted by Gasteiger charge is -2.27. The Labute approximate surface area is 138 Å². The molecule has 3 rings (SSSR count). The van der Waals surface area contributed by atoms with Gasteiger partial charge in [-0.05, 0) is 37.8 Å². The Morgan fingerprint density at radius 1 is 1.30 bits per heavy atom. The van der Waals surface area contributed by atoms with E-state index in [9.17, 15) is 9.90 Å². The molecule has 6 nitrogen and oxygen atoms in total. The molecule has 1 aliphatic rings. The molecule has 23 heavy (non-hydrogen) atoms. The standard InChI is InChI=1S/C16H20N4O2S/c1-20-15(18-16(22)9-3-2-4-10-16)23-14(19-20)12-7-5-11(6-8-12)13(17)21/h5-8,22H,2-4,9-10H2,1H3,(H2,17,21). The lowest BCUT2D eigenvalue weighted by molar-refractivity contribution is 0.00866. The van der Waals surface area contributed by atoms with Gasteiger partial charge in [0, 0.05) is 18.2 Å². The quantitative estimate of drug-likeness (QED) is 0.897. The molecule has 0 bridgehead atoms. The third-order valence-electron chi connectivity index (χ3n) is 4.08. The van der Waals surface area contributed by atoms with Crippen molar-refractivity contribution in [2.75, 3.05) is 0 Å². The average molecular weight is 332 g/mol. The van der Waals surface area contributed by atoms with Crippen LogP contribution in [0.5, 0.6) is 0 Å². The number of hydrogen-bond donors (Lipinski definition) is 2. The van der Waals surface area contributed by atoms with Crippen molar-refractivity contribution in [2.24, 2.45) is 17.8 Å². The summed E-state index contributed by atoms with van der Waals surface area (Å²) in [7, 11) is 1.82. The summed E-state index contributed by atoms with van der Waals surface area (Å²) in [5, 5.41) is 15.8. The van der Waals surface area contributed by atoms with Crippen LogP contribution in [0.3, 0.4) is 0 Å². The number of carbonyl (C=O) groups excluding carboxylic acids is 1. The zero-order valence-corrected chi connectivity index (χ0v) is 13.8. The first kappa shape index (κ1) is 15.9. The Morgan fingerprint density at radius 3 is 2.57 bits per heavy atom. The molecule has 3 N–H and O–H groups in total. The van der Waals surface area contributed by atoms with Gasteiger partial charge < -0.3 is 10.8 Å². The minimum atomic E-state index is -0.963. The maximum Gasteiger partial charge on any atom is 0.248 e. The number of aryl methyl sites for hydroxylation is 1. The molecule has 1 heterocycles. The van der Waals surface area contributed by atoms with Gasteiger partial charge in [-0.1, -0.05) is 29.9 Å². The number of hydrogen-bond acceptors (Lipinski definition) is 5. The summed E-state index contributed by atoms with van der Waals surface area (Å²) in [4.78, 5) is 16.4. The van der Waals surface area contributed by atoms with Crippen LogP contribution in [-0.2, 0) is 7.05 Å². The van der Waals surface area contributed by atoms with E-state index in [4.69, 9.17) is 5.73 Å². The normalized spacial score (nSPS) is 18.1. The highest BCUT2D eigenvalue weighted by Crippen LogP contribution is 2.29. The maximum absolute atomic E-state index is 11.1. The molecule has 0 atom stereocenters. The summed E-state index contributed by atoms with van der Waals surface area (Å²) in [6.07, 6.45) is 4.57. The highest BCUT2D eigenvalue weighted by molar-refractivity contribution is 7.12. The molecule has 1 aromatic carbocycles. The van der Waals surface area contributed by atoms with Gasteiger partial charge >= 0.3 is 0 Å². The fourth-order valence-electron chi connectivity index (χ4n) is 2.75. The second-order valence-corrected chi connectivity index (χ2v) is 6.87. The molecule has 7 heteroatoms. The first-order chi connectivity index (χ1) is 11.0. The first-order valence-corrected chi connectivity index (χ1v) is 8.51. The predicted molar refractivity (Wildman–Crippen MR) is 88.6 cm³/mol. The zero-order valence-electron chi connectivity index (χ0n) is 13.0. The number of benzene rings is 1. The Hall–Kier alpha value is -1.99. The number of aliphatic hydroxyl groups is 1. The van der Waals surface area contributed by atoms with Crippen molar-refractivity contribution < 1.29 is 9.90 Å². The molecule has 0 aliphatic heterocycles. The van der Waals surface area contributed by atoms with Gasteiger partial charge in [-0.2, -0.15) is 5.10 Å². The lowest BCUT2D eigenvalue weighted by Crippen LogP contribution is -2.32. The monoisotopic (exact) mass is 332 g/mol. The summed E-state index contributed by atoms with van der Waals surface area (Å²) in [5.41, 5.74) is 5.65. The van der Waals surface area contributed by atoms with Crippen molar-refractivity contribution >= 4 is 17.2 Å². The molecule has 1 aromatic heterocycles. The highest BCUT2D eigenvalue weighted by atomic mass is 32.1. The van der Waals surface area contributed by atoms with Gasteiger partial charge in [0.2, 0.25) is 10.7 Å². The Kier molecular flexibility index (Phi) is 4.32. The van der Waals surface area contributed by atoms with E-state index >= 15 is 0 Å². The van der Waals surface area contributed by atoms with E-state index in [1.54, 1.807) is 16.8 Å². The predicted octanol–water partition coefficient (Wildman–Crippen LogP) is 1.80. The molecule has 0 unspecified atom stereocenters. The summed E-state index contributed by atoms with van der Waals surface area (Å²) in [6.45, 7) is 0. The largest absolute Gasteiger partial charge is 0.369 e. The third-order valence-corrected chi connectivity index (χ3v) is 5.13. The molecule has 1 fully saturated rings. The maximum atomic E-state index is 11.1. The summed E-state index contributed by atoms with van der Waals surface area (Å²) < 4.78 is 1.69. The fraction of sp³-hybridized carbons (Fsp3) is 0.438. The van der Waals surface area contributed by atoms with Crippen molar-refractivity contribution in [3.63, 3.8) is 0 Å². The number of primary amides is 1. The smallest absolute Gasteiger partial charge is 0.248 e. The Morgan fingerprint density at radius 2 is 1.96 bits per heavy atom. The molecule has 122 valence electrons. The third kappa shape index (κ3) is 3.51. The number of aromatic nitrogens is 2. The molecular formula is C16H20N4O2S. The van der Waals surface area contributed by atoms with Crippen LogP contribution in [0.1, 0.15) is 42.5 Å². The van der Waals surface area contributed by atoms with Crippen LogP contribution in [0, 0.1) is 0 Å². The summed E-state index contributed by atoms with van der Waals surface area (Å²) in [5.74, 6) is -0.448. The molecule has 0 radical (unpaired) electrons. The SMILES string of the molecule is Cn1nc(-c2ccc(C(N)=O)cc2)sc1=NC1(O)CCCCC1. The van der Waals surface area contributed by atoms with Gasteiger partial charge in [-0.15, -0.1) is 0 Å². The van der Waals surface area contributed by atoms with Crippen LogP contribution >= 0.6 is 11.3 Å². The second kappa shape index (κ2) is 6.25. The molecule has 1 saturated carbocycles. The van der Waals surface area contributed by atoms with E-state index in [2.05, 4.69) is 10.1 Å². The van der Waals surface area contributed by atoms with E-state index in [1.807, 2.05) is 19.2 Å².